The molecular formula is C28H29NO2. The van der Waals surface area contributed by atoms with Crippen molar-refractivity contribution in [1.82, 2.24) is 0 Å². The molecule has 31 heavy (non-hydrogen) atoms. The van der Waals surface area contributed by atoms with E-state index in [-0.39, 0.29) is 0 Å². The monoisotopic (exact) mass is 411 g/mol. The van der Waals surface area contributed by atoms with Crippen molar-refractivity contribution >= 4 is 16.9 Å². The second-order valence-corrected chi connectivity index (χ2v) is 8.46. The van der Waals surface area contributed by atoms with E-state index < -0.39 is 0 Å². The normalized spacial score (nSPS) is 17.1. The number of fused-ring (bicyclic) bond motifs is 3. The number of ether oxygens (including phenoxy) is 2. The molecule has 0 unspecified atom stereocenters. The Morgan fingerprint density at radius 2 is 1.52 bits per heavy atom. The largest absolute Gasteiger partial charge is 0.497 e. The Balaban J connectivity index is 1.51. The number of aliphatic imine (C=N–C) groups is 1. The highest BCUT2D eigenvalue weighted by Gasteiger charge is 2.30. The van der Waals surface area contributed by atoms with Crippen molar-refractivity contribution in [2.45, 2.75) is 39.0 Å². The van der Waals surface area contributed by atoms with Crippen molar-refractivity contribution in [3.63, 3.8) is 0 Å². The van der Waals surface area contributed by atoms with Gasteiger partial charge in [-0.2, -0.15) is 0 Å². The van der Waals surface area contributed by atoms with E-state index in [2.05, 4.69) is 49.9 Å². The maximum absolute atomic E-state index is 5.44. The average Bonchev–Trinajstić information content (AvgIpc) is 3.26. The molecule has 1 heterocycles. The van der Waals surface area contributed by atoms with E-state index in [1.54, 1.807) is 14.2 Å². The maximum atomic E-state index is 5.44. The van der Waals surface area contributed by atoms with Gasteiger partial charge in [0.05, 0.1) is 26.5 Å². The second-order valence-electron chi connectivity index (χ2n) is 8.46. The predicted molar refractivity (Wildman–Crippen MR) is 128 cm³/mol. The van der Waals surface area contributed by atoms with Gasteiger partial charge in [0.25, 0.3) is 0 Å². The molecule has 3 heteroatoms. The van der Waals surface area contributed by atoms with Crippen LogP contribution in [0.5, 0.6) is 11.5 Å². The zero-order chi connectivity index (χ0) is 21.5. The first-order valence-corrected chi connectivity index (χ1v) is 11.2. The molecule has 0 aromatic heterocycles. The number of rotatable bonds is 5. The van der Waals surface area contributed by atoms with E-state index >= 15 is 0 Å². The number of nitrogens with zero attached hydrogens (tertiary/aromatic N) is 1. The minimum absolute atomic E-state index is 0.755. The summed E-state index contributed by atoms with van der Waals surface area (Å²) < 4.78 is 10.9. The third kappa shape index (κ3) is 3.23. The minimum atomic E-state index is 0.755. The number of allylic oxidation sites excluding steroid dienone is 4. The molecule has 0 atom stereocenters. The number of benzene rings is 2. The predicted octanol–water partition coefficient (Wildman–Crippen LogP) is 6.22. The zero-order valence-electron chi connectivity index (χ0n) is 18.7. The van der Waals surface area contributed by atoms with E-state index in [0.717, 1.165) is 61.4 Å². The molecule has 1 aliphatic heterocycles. The highest BCUT2D eigenvalue weighted by atomic mass is 16.5. The molecule has 2 aromatic carbocycles. The third-order valence-corrected chi connectivity index (χ3v) is 6.98. The Kier molecular flexibility index (Phi) is 5.05. The molecule has 0 amide bonds. The summed E-state index contributed by atoms with van der Waals surface area (Å²) in [6.45, 7) is 7.57. The van der Waals surface area contributed by atoms with Crippen LogP contribution in [0, 0.1) is 0 Å². The molecule has 2 aromatic rings. The van der Waals surface area contributed by atoms with Crippen LogP contribution in [-0.2, 0) is 12.8 Å². The van der Waals surface area contributed by atoms with Crippen LogP contribution in [0.15, 0.2) is 64.7 Å². The smallest absolute Gasteiger partial charge is 0.119 e. The van der Waals surface area contributed by atoms with Crippen LogP contribution < -0.4 is 9.47 Å². The van der Waals surface area contributed by atoms with Crippen molar-refractivity contribution in [2.24, 2.45) is 4.99 Å². The Hall–Kier alpha value is -3.07. The lowest BCUT2D eigenvalue weighted by Crippen LogP contribution is -2.14. The Labute approximate surface area is 184 Å². The molecule has 0 N–H and O–H groups in total. The van der Waals surface area contributed by atoms with Gasteiger partial charge in [0, 0.05) is 0 Å². The molecule has 3 nitrogen and oxygen atoms in total. The van der Waals surface area contributed by atoms with E-state index in [1.165, 1.54) is 44.5 Å². The van der Waals surface area contributed by atoms with Crippen LogP contribution in [0.4, 0.5) is 0 Å². The first-order chi connectivity index (χ1) is 15.1. The maximum Gasteiger partial charge on any atom is 0.119 e. The summed E-state index contributed by atoms with van der Waals surface area (Å²) in [6, 6.07) is 12.9. The summed E-state index contributed by atoms with van der Waals surface area (Å²) in [4.78, 5) is 5.01. The molecule has 5 rings (SSSR count). The number of hydrogen-bond acceptors (Lipinski definition) is 3. The van der Waals surface area contributed by atoms with E-state index in [0.29, 0.717) is 0 Å². The van der Waals surface area contributed by atoms with E-state index in [1.807, 2.05) is 0 Å². The first-order valence-electron chi connectivity index (χ1n) is 11.2. The summed E-state index contributed by atoms with van der Waals surface area (Å²) in [7, 11) is 3.46. The van der Waals surface area contributed by atoms with Gasteiger partial charge in [-0.1, -0.05) is 25.6 Å². The van der Waals surface area contributed by atoms with Crippen molar-refractivity contribution in [3.8, 4) is 11.5 Å². The lowest BCUT2D eigenvalue weighted by atomic mass is 9.78. The molecule has 0 fully saturated rings. The molecule has 0 saturated carbocycles. The Bertz CT molecular complexity index is 1180. The molecule has 158 valence electrons. The third-order valence-electron chi connectivity index (χ3n) is 6.98. The molecular weight excluding hydrogens is 382 g/mol. The topological polar surface area (TPSA) is 30.8 Å². The van der Waals surface area contributed by atoms with Gasteiger partial charge in [0.1, 0.15) is 11.5 Å². The minimum Gasteiger partial charge on any atom is -0.497 e. The van der Waals surface area contributed by atoms with Gasteiger partial charge < -0.3 is 9.47 Å². The molecule has 3 aliphatic rings. The van der Waals surface area contributed by atoms with Gasteiger partial charge >= 0.3 is 0 Å². The second kappa shape index (κ2) is 7.88. The van der Waals surface area contributed by atoms with Crippen LogP contribution in [0.3, 0.4) is 0 Å². The van der Waals surface area contributed by atoms with Gasteiger partial charge in [0.2, 0.25) is 0 Å². The number of hydrogen-bond donors (Lipinski definition) is 0. The van der Waals surface area contributed by atoms with Crippen molar-refractivity contribution in [1.29, 1.82) is 0 Å². The fourth-order valence-electron chi connectivity index (χ4n) is 5.40. The lowest BCUT2D eigenvalue weighted by Gasteiger charge is -2.26. The molecule has 0 saturated heterocycles. The van der Waals surface area contributed by atoms with E-state index in [9.17, 15) is 0 Å². The summed E-state index contributed by atoms with van der Waals surface area (Å²) >= 11 is 0. The first kappa shape index (κ1) is 19.9. The highest BCUT2D eigenvalue weighted by Crippen LogP contribution is 2.43. The van der Waals surface area contributed by atoms with Crippen LogP contribution in [0.1, 0.15) is 48.4 Å². The zero-order valence-corrected chi connectivity index (χ0v) is 18.7. The Morgan fingerprint density at radius 3 is 2.19 bits per heavy atom. The van der Waals surface area contributed by atoms with Gasteiger partial charge in [-0.05, 0) is 106 Å². The van der Waals surface area contributed by atoms with Gasteiger partial charge in [-0.3, -0.25) is 4.99 Å². The van der Waals surface area contributed by atoms with Gasteiger partial charge in [-0.15, -0.1) is 0 Å². The van der Waals surface area contributed by atoms with Crippen molar-refractivity contribution < 1.29 is 9.47 Å². The SMILES string of the molecule is C=C(C1=NCC2=C1CCc1cc(OC)ccc12)C1=C(CC)c2ccc(OC)cc2CC1. The fourth-order valence-corrected chi connectivity index (χ4v) is 5.40. The van der Waals surface area contributed by atoms with Crippen molar-refractivity contribution in [3.05, 3.63) is 82.0 Å². The fraction of sp³-hybridized carbons (Fsp3) is 0.321. The Morgan fingerprint density at radius 1 is 0.871 bits per heavy atom. The summed E-state index contributed by atoms with van der Waals surface area (Å²) in [5, 5.41) is 0. The quantitative estimate of drug-likeness (QED) is 0.584. The highest BCUT2D eigenvalue weighted by molar-refractivity contribution is 6.22. The molecule has 0 bridgehead atoms. The molecule has 0 radical (unpaired) electrons. The van der Waals surface area contributed by atoms with Gasteiger partial charge in [-0.25, -0.2) is 0 Å². The van der Waals surface area contributed by atoms with Crippen LogP contribution in [-0.4, -0.2) is 26.5 Å². The molecule has 2 aliphatic carbocycles. The van der Waals surface area contributed by atoms with Gasteiger partial charge in [0.15, 0.2) is 0 Å². The van der Waals surface area contributed by atoms with Crippen LogP contribution >= 0.6 is 0 Å². The van der Waals surface area contributed by atoms with E-state index in [4.69, 9.17) is 14.5 Å². The lowest BCUT2D eigenvalue weighted by molar-refractivity contribution is 0.414. The van der Waals surface area contributed by atoms with Crippen LogP contribution in [0.25, 0.3) is 11.1 Å². The average molecular weight is 412 g/mol. The van der Waals surface area contributed by atoms with Crippen molar-refractivity contribution in [2.75, 3.05) is 20.8 Å². The standard InChI is InChI=1S/C28H29NO2/c1-5-22-23(10-6-18-14-20(30-3)8-12-24(18)22)17(2)28-26-11-7-19-15-21(31-4)9-13-25(19)27(26)16-29-28/h8-9,12-15H,2,5-7,10-11,16H2,1,3-4H3. The summed E-state index contributed by atoms with van der Waals surface area (Å²) in [5.41, 5.74) is 13.2. The van der Waals surface area contributed by atoms with Crippen LogP contribution in [0.2, 0.25) is 0 Å². The number of methoxy groups -OCH3 is 2. The summed E-state index contributed by atoms with van der Waals surface area (Å²) in [6.07, 6.45) is 5.08. The number of aryl methyl sites for hydroxylation is 2. The molecule has 0 spiro atoms. The summed E-state index contributed by atoms with van der Waals surface area (Å²) in [5.74, 6) is 1.87.